The highest BCUT2D eigenvalue weighted by Gasteiger charge is 2.63. The van der Waals surface area contributed by atoms with Crippen LogP contribution in [0.25, 0.3) is 0 Å². The fourth-order valence-corrected chi connectivity index (χ4v) is 3.26. The van der Waals surface area contributed by atoms with Crippen LogP contribution in [0.1, 0.15) is 19.8 Å². The van der Waals surface area contributed by atoms with E-state index < -0.39 is 5.41 Å². The Morgan fingerprint density at radius 3 is 2.71 bits per heavy atom. The Kier molecular flexibility index (Phi) is 1.33. The van der Waals surface area contributed by atoms with Gasteiger partial charge in [-0.15, -0.1) is 0 Å². The van der Waals surface area contributed by atoms with Crippen molar-refractivity contribution in [1.29, 1.82) is 0 Å². The summed E-state index contributed by atoms with van der Waals surface area (Å²) in [5.41, 5.74) is -0.561. The molecule has 0 aromatic rings. The molecule has 1 heterocycles. The second-order valence-electron chi connectivity index (χ2n) is 4.70. The molecule has 4 rings (SSSR count). The van der Waals surface area contributed by atoms with Gasteiger partial charge in [-0.1, -0.05) is 12.2 Å². The van der Waals surface area contributed by atoms with Gasteiger partial charge in [-0.2, -0.15) is 0 Å². The normalized spacial score (nSPS) is 49.4. The first-order chi connectivity index (χ1) is 6.64. The van der Waals surface area contributed by atoms with E-state index >= 15 is 0 Å². The van der Waals surface area contributed by atoms with Crippen molar-refractivity contribution < 1.29 is 14.3 Å². The van der Waals surface area contributed by atoms with Gasteiger partial charge in [0.2, 0.25) is 0 Å². The highest BCUT2D eigenvalue weighted by atomic mass is 16.6. The van der Waals surface area contributed by atoms with Gasteiger partial charge in [-0.25, -0.2) is 0 Å². The lowest BCUT2D eigenvalue weighted by atomic mass is 9.55. The molecule has 1 aliphatic heterocycles. The number of hydrogen-bond acceptors (Lipinski definition) is 3. The molecule has 0 radical (unpaired) electrons. The van der Waals surface area contributed by atoms with E-state index in [0.29, 0.717) is 0 Å². The molecule has 3 nitrogen and oxygen atoms in total. The fourth-order valence-electron chi connectivity index (χ4n) is 3.26. The van der Waals surface area contributed by atoms with Crippen molar-refractivity contribution in [2.75, 3.05) is 0 Å². The predicted molar refractivity (Wildman–Crippen MR) is 48.1 cm³/mol. The summed E-state index contributed by atoms with van der Waals surface area (Å²) in [6, 6.07) is 0. The molecule has 3 heteroatoms. The second kappa shape index (κ2) is 2.27. The molecular formula is C11H12O3. The Labute approximate surface area is 82.1 Å². The monoisotopic (exact) mass is 192 g/mol. The summed E-state index contributed by atoms with van der Waals surface area (Å²) in [5, 5.41) is 0. The number of fused-ring (bicyclic) bond motifs is 1. The largest absolute Gasteiger partial charge is 0.392 e. The third kappa shape index (κ3) is 0.703. The topological polar surface area (TPSA) is 43.4 Å². The number of cyclic esters (lactones) is 2. The summed E-state index contributed by atoms with van der Waals surface area (Å²) in [7, 11) is 0. The quantitative estimate of drug-likeness (QED) is 0.330. The van der Waals surface area contributed by atoms with E-state index in [-0.39, 0.29) is 29.7 Å². The van der Waals surface area contributed by atoms with E-state index in [2.05, 4.69) is 12.2 Å². The van der Waals surface area contributed by atoms with Crippen molar-refractivity contribution in [2.45, 2.75) is 19.8 Å². The van der Waals surface area contributed by atoms with E-state index in [1.807, 2.05) is 6.92 Å². The molecule has 0 aromatic heterocycles. The molecular weight excluding hydrogens is 180 g/mol. The average Bonchev–Trinajstić information content (AvgIpc) is 2.42. The van der Waals surface area contributed by atoms with Crippen LogP contribution >= 0.6 is 0 Å². The molecule has 4 atom stereocenters. The highest BCUT2D eigenvalue weighted by Crippen LogP contribution is 2.56. The van der Waals surface area contributed by atoms with Crippen molar-refractivity contribution in [3.05, 3.63) is 12.2 Å². The van der Waals surface area contributed by atoms with E-state index in [4.69, 9.17) is 4.74 Å². The van der Waals surface area contributed by atoms with E-state index in [0.717, 1.165) is 12.8 Å². The lowest BCUT2D eigenvalue weighted by Gasteiger charge is -2.44. The van der Waals surface area contributed by atoms with Crippen molar-refractivity contribution in [1.82, 2.24) is 0 Å². The van der Waals surface area contributed by atoms with Crippen molar-refractivity contribution in [3.63, 3.8) is 0 Å². The molecule has 0 aromatic carbocycles. The zero-order valence-corrected chi connectivity index (χ0v) is 8.03. The summed E-state index contributed by atoms with van der Waals surface area (Å²) >= 11 is 0. The van der Waals surface area contributed by atoms with Gasteiger partial charge in [-0.3, -0.25) is 9.59 Å². The first-order valence-electron chi connectivity index (χ1n) is 5.08. The molecule has 0 N–H and O–H groups in total. The molecule has 74 valence electrons. The summed E-state index contributed by atoms with van der Waals surface area (Å²) in [4.78, 5) is 23.2. The molecule has 0 spiro atoms. The van der Waals surface area contributed by atoms with Gasteiger partial charge in [0.25, 0.3) is 0 Å². The van der Waals surface area contributed by atoms with Crippen LogP contribution < -0.4 is 0 Å². The smallest absolute Gasteiger partial charge is 0.320 e. The van der Waals surface area contributed by atoms with Crippen LogP contribution in [0.2, 0.25) is 0 Å². The third-order valence-electron chi connectivity index (χ3n) is 4.13. The second-order valence-corrected chi connectivity index (χ2v) is 4.70. The van der Waals surface area contributed by atoms with Crippen molar-refractivity contribution >= 4 is 11.9 Å². The van der Waals surface area contributed by atoms with Gasteiger partial charge in [0.15, 0.2) is 0 Å². The maximum atomic E-state index is 11.7. The first kappa shape index (κ1) is 8.21. The van der Waals surface area contributed by atoms with Gasteiger partial charge in [0.05, 0.1) is 11.3 Å². The van der Waals surface area contributed by atoms with Crippen LogP contribution in [-0.2, 0) is 14.3 Å². The van der Waals surface area contributed by atoms with Gasteiger partial charge >= 0.3 is 11.9 Å². The summed E-state index contributed by atoms with van der Waals surface area (Å²) in [5.74, 6) is -0.401. The molecule has 2 bridgehead atoms. The third-order valence-corrected chi connectivity index (χ3v) is 4.13. The zero-order chi connectivity index (χ0) is 9.92. The minimum absolute atomic E-state index is 0.205. The molecule has 14 heavy (non-hydrogen) atoms. The zero-order valence-electron chi connectivity index (χ0n) is 8.03. The molecule has 4 aliphatic rings. The number of hydrogen-bond donors (Lipinski definition) is 0. The molecule has 1 saturated heterocycles. The molecule has 0 amide bonds. The molecule has 1 saturated carbocycles. The molecule has 2 fully saturated rings. The van der Waals surface area contributed by atoms with Gasteiger partial charge in [-0.05, 0) is 31.6 Å². The van der Waals surface area contributed by atoms with Gasteiger partial charge in [0.1, 0.15) is 0 Å². The van der Waals surface area contributed by atoms with Crippen LogP contribution in [-0.4, -0.2) is 11.9 Å². The highest BCUT2D eigenvalue weighted by molar-refractivity contribution is 6.00. The van der Waals surface area contributed by atoms with Crippen molar-refractivity contribution in [3.8, 4) is 0 Å². The Bertz CT molecular complexity index is 358. The standard InChI is InChI=1S/C11H12O3/c1-11-7-4-2-6(3-5-7)8(11)9(12)14-10(11)13/h2,4,6-8H,3,5H2,1H3/t6-,7-,8+,11+/m0/s1. The summed E-state index contributed by atoms with van der Waals surface area (Å²) < 4.78 is 4.77. The van der Waals surface area contributed by atoms with Crippen LogP contribution in [0.5, 0.6) is 0 Å². The lowest BCUT2D eigenvalue weighted by Crippen LogP contribution is -2.47. The maximum Gasteiger partial charge on any atom is 0.320 e. The molecule has 0 unspecified atom stereocenters. The van der Waals surface area contributed by atoms with E-state index in [9.17, 15) is 9.59 Å². The number of carbonyl (C=O) groups excluding carboxylic acids is 2. The number of rotatable bonds is 0. The Morgan fingerprint density at radius 2 is 2.14 bits per heavy atom. The Morgan fingerprint density at radius 1 is 1.36 bits per heavy atom. The number of allylic oxidation sites excluding steroid dienone is 2. The fraction of sp³-hybridized carbons (Fsp3) is 0.636. The summed E-state index contributed by atoms with van der Waals surface area (Å²) in [6.07, 6.45) is 6.20. The maximum absolute atomic E-state index is 11.7. The Balaban J connectivity index is 2.16. The average molecular weight is 192 g/mol. The molecule has 3 aliphatic carbocycles. The number of ether oxygens (including phenoxy) is 1. The first-order valence-corrected chi connectivity index (χ1v) is 5.08. The number of carbonyl (C=O) groups is 2. The van der Waals surface area contributed by atoms with E-state index in [1.165, 1.54) is 0 Å². The van der Waals surface area contributed by atoms with Crippen molar-refractivity contribution in [2.24, 2.45) is 23.2 Å². The lowest BCUT2D eigenvalue weighted by molar-refractivity contribution is -0.155. The van der Waals surface area contributed by atoms with Crippen LogP contribution in [0.4, 0.5) is 0 Å². The predicted octanol–water partition coefficient (Wildman–Crippen LogP) is 1.29. The van der Waals surface area contributed by atoms with E-state index in [1.54, 1.807) is 0 Å². The summed E-state index contributed by atoms with van der Waals surface area (Å²) in [6.45, 7) is 1.88. The van der Waals surface area contributed by atoms with Crippen LogP contribution in [0, 0.1) is 23.2 Å². The van der Waals surface area contributed by atoms with Gasteiger partial charge < -0.3 is 4.74 Å². The number of esters is 2. The minimum atomic E-state index is -0.561. The SMILES string of the molecule is C[C@]12C(=O)OC(=O)[C@H]1[C@H]1C=C[C@H]2CC1. The van der Waals surface area contributed by atoms with Crippen LogP contribution in [0.15, 0.2) is 12.2 Å². The Hall–Kier alpha value is -1.12. The minimum Gasteiger partial charge on any atom is -0.392 e. The van der Waals surface area contributed by atoms with Crippen LogP contribution in [0.3, 0.4) is 0 Å². The van der Waals surface area contributed by atoms with Gasteiger partial charge in [0, 0.05) is 0 Å².